The van der Waals surface area contributed by atoms with Crippen LogP contribution in [0, 0.1) is 18.3 Å². The molecule has 0 spiro atoms. The molecule has 0 amide bonds. The number of aliphatic hydroxyl groups is 1. The summed E-state index contributed by atoms with van der Waals surface area (Å²) in [6.07, 6.45) is 5.17. The number of rotatable bonds is 8. The molecule has 0 bridgehead atoms. The van der Waals surface area contributed by atoms with E-state index in [9.17, 15) is 33.3 Å². The smallest absolute Gasteiger partial charge is 0.393 e. The van der Waals surface area contributed by atoms with Crippen molar-refractivity contribution >= 4 is 23.5 Å². The van der Waals surface area contributed by atoms with E-state index in [0.717, 1.165) is 10.8 Å². The van der Waals surface area contributed by atoms with Crippen LogP contribution in [0.15, 0.2) is 15.8 Å². The number of nitrogens with one attached hydrogen (secondary N) is 1. The molecule has 0 aromatic carbocycles. The number of aromatic nitrogens is 2. The number of H-pyrrole nitrogens is 1. The minimum atomic E-state index is -5.65. The molecule has 0 radical (unpaired) electrons. The van der Waals surface area contributed by atoms with E-state index in [1.807, 2.05) is 4.98 Å². The number of nitrogens with zero attached hydrogens (tertiary/aromatic N) is 1. The number of aromatic amines is 1. The molecule has 2 rings (SSSR count). The molecule has 1 aliphatic rings. The molecule has 1 fully saturated rings. The van der Waals surface area contributed by atoms with Gasteiger partial charge in [0.05, 0.1) is 12.7 Å². The SMILES string of the molecule is C#Cc1cn([C@H]2CC(O)[C@@H](COP(=O)(O)OP(=O)(O)OP(=O)(O)O)C2)c(=O)[nH]c1=O. The average molecular weight is 490 g/mol. The van der Waals surface area contributed by atoms with Gasteiger partial charge in [-0.05, 0) is 12.8 Å². The Balaban J connectivity index is 2.06. The van der Waals surface area contributed by atoms with Crippen molar-refractivity contribution in [3.05, 3.63) is 32.6 Å². The van der Waals surface area contributed by atoms with Gasteiger partial charge in [-0.15, -0.1) is 6.42 Å². The Kier molecular flexibility index (Phi) is 7.46. The van der Waals surface area contributed by atoms with E-state index < -0.39 is 59.4 Å². The van der Waals surface area contributed by atoms with Crippen molar-refractivity contribution in [2.75, 3.05) is 6.61 Å². The Labute approximate surface area is 167 Å². The first-order chi connectivity index (χ1) is 13.6. The molecule has 0 saturated heterocycles. The lowest BCUT2D eigenvalue weighted by molar-refractivity contribution is 0.0834. The van der Waals surface area contributed by atoms with Crippen molar-refractivity contribution in [1.82, 2.24) is 9.55 Å². The van der Waals surface area contributed by atoms with E-state index in [0.29, 0.717) is 0 Å². The Morgan fingerprint density at radius 2 is 1.77 bits per heavy atom. The maximum Gasteiger partial charge on any atom is 0.490 e. The van der Waals surface area contributed by atoms with Crippen LogP contribution in [0.5, 0.6) is 0 Å². The van der Waals surface area contributed by atoms with Crippen LogP contribution < -0.4 is 11.2 Å². The molecule has 1 heterocycles. The van der Waals surface area contributed by atoms with Crippen LogP contribution in [-0.2, 0) is 26.8 Å². The van der Waals surface area contributed by atoms with Gasteiger partial charge in [-0.1, -0.05) is 5.92 Å². The summed E-state index contributed by atoms with van der Waals surface area (Å²) < 4.78 is 46.4. The van der Waals surface area contributed by atoms with Crippen molar-refractivity contribution in [3.8, 4) is 12.3 Å². The quantitative estimate of drug-likeness (QED) is 0.193. The monoisotopic (exact) mass is 490 g/mol. The van der Waals surface area contributed by atoms with Gasteiger partial charge < -0.3 is 24.7 Å². The van der Waals surface area contributed by atoms with E-state index in [-0.39, 0.29) is 18.4 Å². The van der Waals surface area contributed by atoms with E-state index in [2.05, 4.69) is 19.1 Å². The van der Waals surface area contributed by atoms with E-state index in [4.69, 9.17) is 21.1 Å². The van der Waals surface area contributed by atoms with Crippen LogP contribution >= 0.6 is 23.5 Å². The Bertz CT molecular complexity index is 1100. The third-order valence-electron chi connectivity index (χ3n) is 4.02. The molecule has 1 aliphatic carbocycles. The Morgan fingerprint density at radius 3 is 2.33 bits per heavy atom. The molecule has 1 aromatic rings. The van der Waals surface area contributed by atoms with Gasteiger partial charge in [0.2, 0.25) is 0 Å². The standard InChI is InChI=1S/C12H17N2O13P3/c1-2-7-5-14(12(17)13-11(7)16)9-3-8(10(15)4-9)6-25-29(21,22)27-30(23,24)26-28(18,19)20/h1,5,8-10,15H,3-4,6H2,(H,21,22)(H,23,24)(H,13,16,17)(H2,18,19,20)/t8-,9-,10?/m1/s1. The van der Waals surface area contributed by atoms with Crippen LogP contribution in [0.25, 0.3) is 0 Å². The van der Waals surface area contributed by atoms with Crippen molar-refractivity contribution in [2.45, 2.75) is 25.0 Å². The number of hydrogen-bond donors (Lipinski definition) is 6. The zero-order valence-corrected chi connectivity index (χ0v) is 17.5. The maximum atomic E-state index is 12.0. The van der Waals surface area contributed by atoms with Gasteiger partial charge >= 0.3 is 29.2 Å². The van der Waals surface area contributed by atoms with E-state index in [1.165, 1.54) is 0 Å². The van der Waals surface area contributed by atoms with E-state index in [1.54, 1.807) is 0 Å². The third-order valence-corrected chi connectivity index (χ3v) is 7.82. The summed E-state index contributed by atoms with van der Waals surface area (Å²) in [6, 6.07) is -0.661. The van der Waals surface area contributed by atoms with Crippen LogP contribution in [0.2, 0.25) is 0 Å². The van der Waals surface area contributed by atoms with Crippen molar-refractivity contribution in [1.29, 1.82) is 0 Å². The molecule has 6 N–H and O–H groups in total. The number of terminal acetylenes is 1. The largest absolute Gasteiger partial charge is 0.490 e. The summed E-state index contributed by atoms with van der Waals surface area (Å²) in [4.78, 5) is 61.0. The Hall–Kier alpha value is -1.39. The van der Waals surface area contributed by atoms with Gasteiger partial charge in [0.15, 0.2) is 0 Å². The molecular formula is C12H17N2O13P3. The highest BCUT2D eigenvalue weighted by atomic mass is 31.3. The predicted molar refractivity (Wildman–Crippen MR) is 96.8 cm³/mol. The lowest BCUT2D eigenvalue weighted by Gasteiger charge is -2.19. The van der Waals surface area contributed by atoms with Gasteiger partial charge in [0.1, 0.15) is 5.56 Å². The second-order valence-corrected chi connectivity index (χ2v) is 10.6. The van der Waals surface area contributed by atoms with Gasteiger partial charge in [0, 0.05) is 18.2 Å². The van der Waals surface area contributed by atoms with Gasteiger partial charge in [-0.3, -0.25) is 18.9 Å². The molecule has 30 heavy (non-hydrogen) atoms. The number of phosphoric ester groups is 1. The summed E-state index contributed by atoms with van der Waals surface area (Å²) in [5, 5.41) is 10.1. The fraction of sp³-hybridized carbons (Fsp3) is 0.500. The third kappa shape index (κ3) is 6.81. The fourth-order valence-corrected chi connectivity index (χ4v) is 5.91. The summed E-state index contributed by atoms with van der Waals surface area (Å²) in [7, 11) is -16.5. The minimum absolute atomic E-state index is 0.0135. The lowest BCUT2D eigenvalue weighted by atomic mass is 10.1. The highest BCUT2D eigenvalue weighted by Crippen LogP contribution is 2.66. The van der Waals surface area contributed by atoms with E-state index >= 15 is 0 Å². The van der Waals surface area contributed by atoms with Crippen LogP contribution in [0.4, 0.5) is 0 Å². The van der Waals surface area contributed by atoms with Crippen LogP contribution in [0.1, 0.15) is 24.4 Å². The normalized spacial score (nSPS) is 25.9. The second kappa shape index (κ2) is 9.00. The molecule has 18 heteroatoms. The molecule has 15 nitrogen and oxygen atoms in total. The zero-order chi connectivity index (χ0) is 22.9. The molecule has 5 atom stereocenters. The predicted octanol–water partition coefficient (Wildman–Crippen LogP) is -0.827. The maximum absolute atomic E-state index is 12.0. The molecule has 0 aliphatic heterocycles. The van der Waals surface area contributed by atoms with Gasteiger partial charge in [-0.25, -0.2) is 18.5 Å². The average Bonchev–Trinajstić information content (AvgIpc) is 2.90. The van der Waals surface area contributed by atoms with Crippen LogP contribution in [-0.4, -0.2) is 46.9 Å². The molecule has 1 aromatic heterocycles. The molecule has 1 saturated carbocycles. The first kappa shape index (κ1) is 24.9. The summed E-state index contributed by atoms with van der Waals surface area (Å²) in [6.45, 7) is -0.693. The number of hydrogen-bond acceptors (Lipinski definition) is 9. The van der Waals surface area contributed by atoms with Crippen molar-refractivity contribution < 1.29 is 51.5 Å². The molecule has 168 valence electrons. The van der Waals surface area contributed by atoms with Gasteiger partial charge in [-0.2, -0.15) is 8.62 Å². The van der Waals surface area contributed by atoms with Gasteiger partial charge in [0.25, 0.3) is 5.56 Å². The molecule has 3 unspecified atom stereocenters. The minimum Gasteiger partial charge on any atom is -0.393 e. The first-order valence-electron chi connectivity index (χ1n) is 7.91. The summed E-state index contributed by atoms with van der Waals surface area (Å²) >= 11 is 0. The Morgan fingerprint density at radius 1 is 1.13 bits per heavy atom. The highest BCUT2D eigenvalue weighted by Gasteiger charge is 2.42. The lowest BCUT2D eigenvalue weighted by Crippen LogP contribution is -2.33. The first-order valence-corrected chi connectivity index (χ1v) is 12.4. The number of phosphoric acid groups is 3. The fourth-order valence-electron chi connectivity index (χ4n) is 2.83. The molecular weight excluding hydrogens is 473 g/mol. The number of aliphatic hydroxyl groups excluding tert-OH is 1. The van der Waals surface area contributed by atoms with Crippen molar-refractivity contribution in [2.24, 2.45) is 5.92 Å². The van der Waals surface area contributed by atoms with Crippen molar-refractivity contribution in [3.63, 3.8) is 0 Å². The highest BCUT2D eigenvalue weighted by molar-refractivity contribution is 7.66. The topological polar surface area (TPSA) is 235 Å². The summed E-state index contributed by atoms with van der Waals surface area (Å²) in [5.41, 5.74) is -1.67. The zero-order valence-electron chi connectivity index (χ0n) is 14.8. The second-order valence-electron chi connectivity index (χ2n) is 6.19. The summed E-state index contributed by atoms with van der Waals surface area (Å²) in [5.74, 6) is 1.24. The van der Waals surface area contributed by atoms with Crippen LogP contribution in [0.3, 0.4) is 0 Å².